The van der Waals surface area contributed by atoms with Crippen LogP contribution >= 0.6 is 12.4 Å². The van der Waals surface area contributed by atoms with Gasteiger partial charge in [-0.25, -0.2) is 4.79 Å². The summed E-state index contributed by atoms with van der Waals surface area (Å²) in [7, 11) is 0. The molecule has 1 fully saturated rings. The van der Waals surface area contributed by atoms with Crippen molar-refractivity contribution in [3.8, 4) is 0 Å². The first kappa shape index (κ1) is 14.6. The normalized spacial score (nSPS) is 18.2. The van der Waals surface area contributed by atoms with E-state index in [9.17, 15) is 9.59 Å². The molecule has 1 aliphatic heterocycles. The molecule has 3 rings (SSSR count). The summed E-state index contributed by atoms with van der Waals surface area (Å²) in [6.45, 7) is 1.32. The van der Waals surface area contributed by atoms with Crippen molar-refractivity contribution in [3.63, 3.8) is 0 Å². The van der Waals surface area contributed by atoms with Gasteiger partial charge in [0, 0.05) is 19.1 Å². The van der Waals surface area contributed by atoms with Gasteiger partial charge in [0.1, 0.15) is 6.54 Å². The van der Waals surface area contributed by atoms with E-state index in [-0.39, 0.29) is 36.6 Å². The van der Waals surface area contributed by atoms with E-state index in [0.717, 1.165) is 17.5 Å². The predicted molar refractivity (Wildman–Crippen MR) is 79.0 cm³/mol. The number of aromatic nitrogens is 2. The average Bonchev–Trinajstić information content (AvgIpc) is 2.95. The van der Waals surface area contributed by atoms with Gasteiger partial charge >= 0.3 is 5.69 Å². The Morgan fingerprint density at radius 1 is 1.40 bits per heavy atom. The third-order valence-electron chi connectivity index (χ3n) is 3.55. The minimum atomic E-state index is -0.252. The van der Waals surface area contributed by atoms with Crippen molar-refractivity contribution in [3.05, 3.63) is 34.7 Å². The lowest BCUT2D eigenvalue weighted by atomic mass is 10.3. The molecule has 0 bridgehead atoms. The first-order chi connectivity index (χ1) is 9.15. The highest BCUT2D eigenvalue weighted by atomic mass is 35.5. The second-order valence-electron chi connectivity index (χ2n) is 4.92. The van der Waals surface area contributed by atoms with Gasteiger partial charge < -0.3 is 15.6 Å². The van der Waals surface area contributed by atoms with Crippen molar-refractivity contribution in [2.45, 2.75) is 19.0 Å². The first-order valence-electron chi connectivity index (χ1n) is 6.36. The fourth-order valence-corrected chi connectivity index (χ4v) is 2.51. The number of hydrogen-bond acceptors (Lipinski definition) is 3. The van der Waals surface area contributed by atoms with Gasteiger partial charge in [-0.1, -0.05) is 12.1 Å². The van der Waals surface area contributed by atoms with Gasteiger partial charge in [0.25, 0.3) is 0 Å². The number of rotatable bonds is 2. The molecular formula is C13H17ClN4O2. The van der Waals surface area contributed by atoms with Gasteiger partial charge in [0.2, 0.25) is 5.91 Å². The highest BCUT2D eigenvalue weighted by molar-refractivity contribution is 5.85. The second kappa shape index (κ2) is 5.68. The maximum absolute atomic E-state index is 12.2. The van der Waals surface area contributed by atoms with Crippen molar-refractivity contribution in [2.75, 3.05) is 13.1 Å². The Morgan fingerprint density at radius 2 is 2.15 bits per heavy atom. The SMILES string of the molecule is Cl.N[C@@H]1CCN(C(=O)Cn2c(=O)[nH]c3ccccc32)C1. The molecule has 0 radical (unpaired) electrons. The van der Waals surface area contributed by atoms with Gasteiger partial charge in [-0.05, 0) is 18.6 Å². The fourth-order valence-electron chi connectivity index (χ4n) is 2.51. The third kappa shape index (κ3) is 2.57. The Bertz CT molecular complexity index is 678. The van der Waals surface area contributed by atoms with Crippen molar-refractivity contribution >= 4 is 29.3 Å². The molecule has 0 saturated carbocycles. The average molecular weight is 297 g/mol. The number of fused-ring (bicyclic) bond motifs is 1. The molecule has 2 aromatic rings. The van der Waals surface area contributed by atoms with Crippen molar-refractivity contribution < 1.29 is 4.79 Å². The number of para-hydroxylation sites is 2. The molecule has 20 heavy (non-hydrogen) atoms. The highest BCUT2D eigenvalue weighted by Gasteiger charge is 2.24. The van der Waals surface area contributed by atoms with E-state index in [4.69, 9.17) is 5.73 Å². The number of nitrogens with zero attached hydrogens (tertiary/aromatic N) is 2. The van der Waals surface area contributed by atoms with Crippen LogP contribution in [0.5, 0.6) is 0 Å². The van der Waals surface area contributed by atoms with Gasteiger partial charge in [-0.3, -0.25) is 9.36 Å². The van der Waals surface area contributed by atoms with Crippen molar-refractivity contribution in [1.29, 1.82) is 0 Å². The standard InChI is InChI=1S/C13H16N4O2.ClH/c14-9-5-6-16(7-9)12(18)8-17-11-4-2-1-3-10(11)15-13(17)19;/h1-4,9H,5-8,14H2,(H,15,19);1H/t9-;/m1./s1. The second-order valence-corrected chi connectivity index (χ2v) is 4.92. The molecule has 1 aromatic carbocycles. The molecule has 0 unspecified atom stereocenters. The van der Waals surface area contributed by atoms with Crippen molar-refractivity contribution in [2.24, 2.45) is 5.73 Å². The molecule has 0 aliphatic carbocycles. The summed E-state index contributed by atoms with van der Waals surface area (Å²) in [6, 6.07) is 7.41. The molecule has 1 aromatic heterocycles. The summed E-state index contributed by atoms with van der Waals surface area (Å²) in [5.74, 6) is -0.0557. The number of benzene rings is 1. The highest BCUT2D eigenvalue weighted by Crippen LogP contribution is 2.11. The van der Waals surface area contributed by atoms with E-state index in [1.54, 1.807) is 4.90 Å². The van der Waals surface area contributed by atoms with Crippen molar-refractivity contribution in [1.82, 2.24) is 14.5 Å². The molecule has 1 saturated heterocycles. The first-order valence-corrected chi connectivity index (χ1v) is 6.36. The molecule has 1 amide bonds. The van der Waals surface area contributed by atoms with Crippen LogP contribution < -0.4 is 11.4 Å². The van der Waals surface area contributed by atoms with Crippen LogP contribution in [0.15, 0.2) is 29.1 Å². The molecular weight excluding hydrogens is 280 g/mol. The topological polar surface area (TPSA) is 84.1 Å². The van der Waals surface area contributed by atoms with E-state index in [0.29, 0.717) is 13.1 Å². The van der Waals surface area contributed by atoms with Crippen LogP contribution in [-0.2, 0) is 11.3 Å². The number of halogens is 1. The minimum absolute atomic E-state index is 0. The number of amides is 1. The summed E-state index contributed by atoms with van der Waals surface area (Å²) in [4.78, 5) is 28.5. The van der Waals surface area contributed by atoms with Crippen LogP contribution in [0.1, 0.15) is 6.42 Å². The quantitative estimate of drug-likeness (QED) is 0.836. The Morgan fingerprint density at radius 3 is 2.85 bits per heavy atom. The number of imidazole rings is 1. The van der Waals surface area contributed by atoms with Gasteiger partial charge in [-0.2, -0.15) is 0 Å². The van der Waals surface area contributed by atoms with Crippen LogP contribution in [0.2, 0.25) is 0 Å². The molecule has 0 spiro atoms. The Hall–Kier alpha value is -1.79. The lowest BCUT2D eigenvalue weighted by Crippen LogP contribution is -2.36. The Labute approximate surface area is 122 Å². The number of nitrogens with two attached hydrogens (primary N) is 1. The number of likely N-dealkylation sites (tertiary alicyclic amines) is 1. The zero-order chi connectivity index (χ0) is 13.4. The minimum Gasteiger partial charge on any atom is -0.340 e. The molecule has 108 valence electrons. The van der Waals surface area contributed by atoms with E-state index in [1.807, 2.05) is 24.3 Å². The molecule has 7 heteroatoms. The molecule has 3 N–H and O–H groups in total. The number of carbonyl (C=O) groups excluding carboxylic acids is 1. The lowest BCUT2D eigenvalue weighted by molar-refractivity contribution is -0.130. The predicted octanol–water partition coefficient (Wildman–Crippen LogP) is 0.311. The van der Waals surface area contributed by atoms with Gasteiger partial charge in [-0.15, -0.1) is 12.4 Å². The third-order valence-corrected chi connectivity index (χ3v) is 3.55. The number of hydrogen-bond donors (Lipinski definition) is 2. The van der Waals surface area contributed by atoms with Gasteiger partial charge in [0.05, 0.1) is 11.0 Å². The molecule has 1 atom stereocenters. The van der Waals surface area contributed by atoms with E-state index < -0.39 is 0 Å². The van der Waals surface area contributed by atoms with E-state index in [2.05, 4.69) is 4.98 Å². The maximum atomic E-state index is 12.2. The zero-order valence-corrected chi connectivity index (χ0v) is 11.7. The van der Waals surface area contributed by atoms with Crippen LogP contribution in [0, 0.1) is 0 Å². The fraction of sp³-hybridized carbons (Fsp3) is 0.385. The molecule has 6 nitrogen and oxygen atoms in total. The smallest absolute Gasteiger partial charge is 0.326 e. The summed E-state index contributed by atoms with van der Waals surface area (Å²) in [6.07, 6.45) is 0.828. The number of nitrogens with one attached hydrogen (secondary N) is 1. The number of H-pyrrole nitrogens is 1. The van der Waals surface area contributed by atoms with E-state index >= 15 is 0 Å². The molecule has 1 aliphatic rings. The summed E-state index contributed by atoms with van der Waals surface area (Å²) in [5, 5.41) is 0. The number of aromatic amines is 1. The Balaban J connectivity index is 0.00000147. The monoisotopic (exact) mass is 296 g/mol. The van der Waals surface area contributed by atoms with Crippen LogP contribution in [-0.4, -0.2) is 39.5 Å². The van der Waals surface area contributed by atoms with Gasteiger partial charge in [0.15, 0.2) is 0 Å². The molecule has 2 heterocycles. The zero-order valence-electron chi connectivity index (χ0n) is 10.9. The lowest BCUT2D eigenvalue weighted by Gasteiger charge is -2.15. The van der Waals surface area contributed by atoms with Crippen LogP contribution in [0.4, 0.5) is 0 Å². The maximum Gasteiger partial charge on any atom is 0.326 e. The summed E-state index contributed by atoms with van der Waals surface area (Å²) in [5.41, 5.74) is 7.04. The largest absolute Gasteiger partial charge is 0.340 e. The van der Waals surface area contributed by atoms with E-state index in [1.165, 1.54) is 4.57 Å². The summed E-state index contributed by atoms with van der Waals surface area (Å²) >= 11 is 0. The van der Waals surface area contributed by atoms with Crippen LogP contribution in [0.25, 0.3) is 11.0 Å². The Kier molecular flexibility index (Phi) is 4.15. The van der Waals surface area contributed by atoms with Crippen LogP contribution in [0.3, 0.4) is 0 Å². The summed E-state index contributed by atoms with van der Waals surface area (Å²) < 4.78 is 1.47. The number of carbonyl (C=O) groups is 1.